The van der Waals surface area contributed by atoms with E-state index >= 15 is 0 Å². The molecule has 0 aliphatic heterocycles. The van der Waals surface area contributed by atoms with Crippen LogP contribution in [0.3, 0.4) is 0 Å². The smallest absolute Gasteiger partial charge is 0.142 e. The molecule has 2 nitrogen and oxygen atoms in total. The van der Waals surface area contributed by atoms with E-state index in [1.807, 2.05) is 6.92 Å². The number of hydrogen-bond acceptors (Lipinski definition) is 2. The van der Waals surface area contributed by atoms with Gasteiger partial charge in [0, 0.05) is 5.56 Å². The first-order valence-corrected chi connectivity index (χ1v) is 6.46. The molecule has 20 heavy (non-hydrogen) atoms. The molecule has 2 rings (SSSR count). The second-order valence-electron chi connectivity index (χ2n) is 4.20. The number of hydrogen-bond donors (Lipinski definition) is 1. The van der Waals surface area contributed by atoms with Crippen molar-refractivity contribution in [2.45, 2.75) is 13.0 Å². The summed E-state index contributed by atoms with van der Waals surface area (Å²) in [7, 11) is 0. The maximum atomic E-state index is 13.8. The van der Waals surface area contributed by atoms with Gasteiger partial charge in [-0.25, -0.2) is 8.78 Å². The number of benzene rings is 2. The van der Waals surface area contributed by atoms with Gasteiger partial charge in [0.15, 0.2) is 0 Å². The average Bonchev–Trinajstić information content (AvgIpc) is 2.43. The normalized spacial score (nSPS) is 12.2. The molecule has 106 valence electrons. The van der Waals surface area contributed by atoms with Gasteiger partial charge in [-0.15, -0.1) is 0 Å². The Morgan fingerprint density at radius 3 is 2.65 bits per heavy atom. The fourth-order valence-electron chi connectivity index (χ4n) is 1.87. The SMILES string of the molecule is CCOc1cccc(C(O)c2cc(F)c(Cl)cc2F)c1. The van der Waals surface area contributed by atoms with Gasteiger partial charge in [0.05, 0.1) is 11.6 Å². The van der Waals surface area contributed by atoms with E-state index in [-0.39, 0.29) is 10.6 Å². The fourth-order valence-corrected chi connectivity index (χ4v) is 2.02. The van der Waals surface area contributed by atoms with Crippen LogP contribution in [0.4, 0.5) is 8.78 Å². The molecule has 1 atom stereocenters. The third kappa shape index (κ3) is 3.08. The quantitative estimate of drug-likeness (QED) is 0.861. The van der Waals surface area contributed by atoms with Crippen LogP contribution < -0.4 is 4.74 Å². The Hall–Kier alpha value is -1.65. The lowest BCUT2D eigenvalue weighted by Gasteiger charge is -2.14. The highest BCUT2D eigenvalue weighted by atomic mass is 35.5. The molecule has 0 amide bonds. The third-order valence-electron chi connectivity index (χ3n) is 2.82. The van der Waals surface area contributed by atoms with Gasteiger partial charge in [0.25, 0.3) is 0 Å². The molecule has 0 radical (unpaired) electrons. The van der Waals surface area contributed by atoms with E-state index in [1.165, 1.54) is 0 Å². The molecule has 0 aromatic heterocycles. The zero-order valence-corrected chi connectivity index (χ0v) is 11.5. The van der Waals surface area contributed by atoms with Crippen molar-refractivity contribution < 1.29 is 18.6 Å². The van der Waals surface area contributed by atoms with Gasteiger partial charge in [-0.05, 0) is 36.8 Å². The third-order valence-corrected chi connectivity index (χ3v) is 3.11. The van der Waals surface area contributed by atoms with Gasteiger partial charge < -0.3 is 9.84 Å². The van der Waals surface area contributed by atoms with Crippen LogP contribution in [0, 0.1) is 11.6 Å². The highest BCUT2D eigenvalue weighted by Crippen LogP contribution is 2.29. The molecule has 1 N–H and O–H groups in total. The molecule has 0 aliphatic rings. The van der Waals surface area contributed by atoms with E-state index in [4.69, 9.17) is 16.3 Å². The molecular formula is C15H13ClF2O2. The molecular weight excluding hydrogens is 286 g/mol. The van der Waals surface area contributed by atoms with Crippen LogP contribution in [0.15, 0.2) is 36.4 Å². The van der Waals surface area contributed by atoms with Crippen molar-refractivity contribution in [1.29, 1.82) is 0 Å². The number of aliphatic hydroxyl groups is 1. The second-order valence-corrected chi connectivity index (χ2v) is 4.60. The summed E-state index contributed by atoms with van der Waals surface area (Å²) in [5, 5.41) is 9.86. The van der Waals surface area contributed by atoms with Gasteiger partial charge in [0.1, 0.15) is 23.5 Å². The Bertz CT molecular complexity index is 617. The first kappa shape index (κ1) is 14.8. The van der Waals surface area contributed by atoms with E-state index in [2.05, 4.69) is 0 Å². The lowest BCUT2D eigenvalue weighted by Crippen LogP contribution is -2.04. The highest BCUT2D eigenvalue weighted by Gasteiger charge is 2.18. The topological polar surface area (TPSA) is 29.5 Å². The Morgan fingerprint density at radius 2 is 1.95 bits per heavy atom. The first-order valence-electron chi connectivity index (χ1n) is 6.08. The minimum absolute atomic E-state index is 0.166. The monoisotopic (exact) mass is 298 g/mol. The summed E-state index contributed by atoms with van der Waals surface area (Å²) in [6, 6.07) is 8.34. The Labute approximate surface area is 120 Å². The van der Waals surface area contributed by atoms with E-state index in [0.717, 1.165) is 12.1 Å². The van der Waals surface area contributed by atoms with Gasteiger partial charge in [0.2, 0.25) is 0 Å². The highest BCUT2D eigenvalue weighted by molar-refractivity contribution is 6.30. The Kier molecular flexibility index (Phi) is 4.57. The summed E-state index contributed by atoms with van der Waals surface area (Å²) in [5.74, 6) is -0.979. The van der Waals surface area contributed by atoms with Crippen LogP contribution in [-0.4, -0.2) is 11.7 Å². The largest absolute Gasteiger partial charge is 0.494 e. The molecule has 0 bridgehead atoms. The molecule has 0 saturated heterocycles. The standard InChI is InChI=1S/C15H13ClF2O2/c1-2-20-10-5-3-4-9(6-10)15(19)11-7-14(18)12(16)8-13(11)17/h3-8,15,19H,2H2,1H3. The van der Waals surface area contributed by atoms with Crippen molar-refractivity contribution in [2.24, 2.45) is 0 Å². The van der Waals surface area contributed by atoms with E-state index < -0.39 is 17.7 Å². The number of halogens is 3. The van der Waals surface area contributed by atoms with Crippen molar-refractivity contribution >= 4 is 11.6 Å². The fraction of sp³-hybridized carbons (Fsp3) is 0.200. The van der Waals surface area contributed by atoms with Crippen molar-refractivity contribution in [3.63, 3.8) is 0 Å². The van der Waals surface area contributed by atoms with Crippen LogP contribution in [0.2, 0.25) is 5.02 Å². The lowest BCUT2D eigenvalue weighted by atomic mass is 10.0. The Balaban J connectivity index is 2.38. The average molecular weight is 299 g/mol. The number of rotatable bonds is 4. The number of aliphatic hydroxyl groups excluding tert-OH is 1. The van der Waals surface area contributed by atoms with Crippen LogP contribution in [0.5, 0.6) is 5.75 Å². The summed E-state index contributed by atoms with van der Waals surface area (Å²) >= 11 is 5.49. The summed E-state index contributed by atoms with van der Waals surface area (Å²) in [4.78, 5) is 0. The van der Waals surface area contributed by atoms with Gasteiger partial charge >= 0.3 is 0 Å². The summed E-state index contributed by atoms with van der Waals surface area (Å²) in [6.07, 6.45) is -1.29. The van der Waals surface area contributed by atoms with E-state index in [1.54, 1.807) is 24.3 Å². The molecule has 1 unspecified atom stereocenters. The first-order chi connectivity index (χ1) is 9.52. The zero-order chi connectivity index (χ0) is 14.7. The van der Waals surface area contributed by atoms with Gasteiger partial charge in [-0.3, -0.25) is 0 Å². The minimum atomic E-state index is -1.29. The second kappa shape index (κ2) is 6.20. The lowest BCUT2D eigenvalue weighted by molar-refractivity contribution is 0.213. The maximum absolute atomic E-state index is 13.8. The molecule has 0 spiro atoms. The molecule has 2 aromatic rings. The van der Waals surface area contributed by atoms with Crippen LogP contribution in [-0.2, 0) is 0 Å². The van der Waals surface area contributed by atoms with Crippen LogP contribution in [0.1, 0.15) is 24.2 Å². The Morgan fingerprint density at radius 1 is 1.20 bits per heavy atom. The van der Waals surface area contributed by atoms with Gasteiger partial charge in [-0.1, -0.05) is 23.7 Å². The zero-order valence-electron chi connectivity index (χ0n) is 10.7. The number of ether oxygens (including phenoxy) is 1. The summed E-state index contributed by atoms with van der Waals surface area (Å²) < 4.78 is 32.5. The molecule has 0 saturated carbocycles. The summed E-state index contributed by atoms with van der Waals surface area (Å²) in [6.45, 7) is 2.31. The van der Waals surface area contributed by atoms with Gasteiger partial charge in [-0.2, -0.15) is 0 Å². The van der Waals surface area contributed by atoms with E-state index in [9.17, 15) is 13.9 Å². The van der Waals surface area contributed by atoms with Crippen molar-refractivity contribution in [2.75, 3.05) is 6.61 Å². The van der Waals surface area contributed by atoms with Crippen molar-refractivity contribution in [3.05, 3.63) is 64.2 Å². The predicted molar refractivity (Wildman–Crippen MR) is 73.0 cm³/mol. The minimum Gasteiger partial charge on any atom is -0.494 e. The molecule has 5 heteroatoms. The molecule has 0 fully saturated rings. The van der Waals surface area contributed by atoms with Crippen molar-refractivity contribution in [1.82, 2.24) is 0 Å². The molecule has 0 heterocycles. The predicted octanol–water partition coefficient (Wildman–Crippen LogP) is 4.10. The maximum Gasteiger partial charge on any atom is 0.142 e. The molecule has 2 aromatic carbocycles. The summed E-state index contributed by atoms with van der Waals surface area (Å²) in [5.41, 5.74) is 0.247. The molecule has 0 aliphatic carbocycles. The van der Waals surface area contributed by atoms with Crippen LogP contribution >= 0.6 is 11.6 Å². The van der Waals surface area contributed by atoms with E-state index in [0.29, 0.717) is 17.9 Å². The van der Waals surface area contributed by atoms with Crippen molar-refractivity contribution in [3.8, 4) is 5.75 Å². The van der Waals surface area contributed by atoms with Crippen LogP contribution in [0.25, 0.3) is 0 Å².